The molecule has 3 nitrogen and oxygen atoms in total. The van der Waals surface area contributed by atoms with Crippen molar-refractivity contribution in [2.24, 2.45) is 0 Å². The molecule has 2 N–H and O–H groups in total. The summed E-state index contributed by atoms with van der Waals surface area (Å²) >= 11 is 0. The van der Waals surface area contributed by atoms with Gasteiger partial charge in [-0.05, 0) is 35.9 Å². The summed E-state index contributed by atoms with van der Waals surface area (Å²) in [6.45, 7) is -0.0407. The van der Waals surface area contributed by atoms with Gasteiger partial charge in [0.1, 0.15) is 11.6 Å². The van der Waals surface area contributed by atoms with Crippen LogP contribution in [0.5, 0.6) is 0 Å². The van der Waals surface area contributed by atoms with Gasteiger partial charge in [0.05, 0.1) is 6.10 Å². The van der Waals surface area contributed by atoms with Gasteiger partial charge in [-0.2, -0.15) is 0 Å². The molecular weight excluding hydrogens is 264 g/mol. The van der Waals surface area contributed by atoms with E-state index in [1.165, 1.54) is 42.5 Å². The molecule has 5 heteroatoms. The summed E-state index contributed by atoms with van der Waals surface area (Å²) in [5.41, 5.74) is 0.669. The molecule has 1 amide bonds. The lowest BCUT2D eigenvalue weighted by Crippen LogP contribution is -2.28. The van der Waals surface area contributed by atoms with Crippen LogP contribution in [0.3, 0.4) is 0 Å². The predicted octanol–water partition coefficient (Wildman–Crippen LogP) is 2.43. The van der Waals surface area contributed by atoms with E-state index in [4.69, 9.17) is 0 Å². The molecule has 0 radical (unpaired) electrons. The number of hydrogen-bond donors (Lipinski definition) is 2. The molecule has 2 rings (SSSR count). The van der Waals surface area contributed by atoms with E-state index in [9.17, 15) is 18.7 Å². The first-order chi connectivity index (χ1) is 9.56. The largest absolute Gasteiger partial charge is 0.387 e. The van der Waals surface area contributed by atoms with Crippen molar-refractivity contribution in [3.8, 4) is 0 Å². The van der Waals surface area contributed by atoms with Crippen LogP contribution in [0.1, 0.15) is 22.0 Å². The van der Waals surface area contributed by atoms with Gasteiger partial charge in [-0.25, -0.2) is 8.78 Å². The third kappa shape index (κ3) is 3.61. The molecule has 0 spiro atoms. The van der Waals surface area contributed by atoms with Crippen LogP contribution in [0.25, 0.3) is 0 Å². The van der Waals surface area contributed by atoms with Crippen molar-refractivity contribution >= 4 is 5.91 Å². The van der Waals surface area contributed by atoms with Crippen molar-refractivity contribution in [3.63, 3.8) is 0 Å². The standard InChI is InChI=1S/C15H13F2NO2/c16-12-6-4-10(5-7-12)14(19)9-18-15(20)11-2-1-3-13(17)8-11/h1-8,14,19H,9H2,(H,18,20). The Balaban J connectivity index is 1.94. The molecule has 0 saturated heterocycles. The quantitative estimate of drug-likeness (QED) is 0.901. The minimum absolute atomic E-state index is 0.0407. The summed E-state index contributed by atoms with van der Waals surface area (Å²) < 4.78 is 25.7. The zero-order chi connectivity index (χ0) is 14.5. The molecule has 104 valence electrons. The number of carbonyl (C=O) groups is 1. The molecule has 0 aliphatic carbocycles. The number of aliphatic hydroxyl groups excluding tert-OH is 1. The third-order valence-electron chi connectivity index (χ3n) is 2.80. The van der Waals surface area contributed by atoms with E-state index in [2.05, 4.69) is 5.32 Å². The van der Waals surface area contributed by atoms with Gasteiger partial charge in [0.15, 0.2) is 0 Å². The molecule has 2 aromatic rings. The highest BCUT2D eigenvalue weighted by Gasteiger charge is 2.11. The maximum absolute atomic E-state index is 13.0. The normalized spacial score (nSPS) is 11.9. The number of rotatable bonds is 4. The zero-order valence-electron chi connectivity index (χ0n) is 10.5. The molecular formula is C15H13F2NO2. The molecule has 2 aromatic carbocycles. The van der Waals surface area contributed by atoms with Gasteiger partial charge in [-0.1, -0.05) is 18.2 Å². The van der Waals surface area contributed by atoms with Gasteiger partial charge in [0, 0.05) is 12.1 Å². The molecule has 0 bridgehead atoms. The van der Waals surface area contributed by atoms with E-state index in [1.807, 2.05) is 0 Å². The SMILES string of the molecule is O=C(NCC(O)c1ccc(F)cc1)c1cccc(F)c1. The first kappa shape index (κ1) is 14.1. The molecule has 1 atom stereocenters. The topological polar surface area (TPSA) is 49.3 Å². The second kappa shape index (κ2) is 6.25. The van der Waals surface area contributed by atoms with E-state index < -0.39 is 23.6 Å². The molecule has 0 aliphatic rings. The van der Waals surface area contributed by atoms with Crippen LogP contribution in [0.4, 0.5) is 8.78 Å². The minimum atomic E-state index is -0.951. The number of halogens is 2. The number of aliphatic hydroxyl groups is 1. The minimum Gasteiger partial charge on any atom is -0.387 e. The average Bonchev–Trinajstić information content (AvgIpc) is 2.45. The van der Waals surface area contributed by atoms with Crippen LogP contribution in [0.15, 0.2) is 48.5 Å². The van der Waals surface area contributed by atoms with E-state index >= 15 is 0 Å². The van der Waals surface area contributed by atoms with E-state index in [-0.39, 0.29) is 12.1 Å². The maximum Gasteiger partial charge on any atom is 0.251 e. The second-order valence-electron chi connectivity index (χ2n) is 4.29. The smallest absolute Gasteiger partial charge is 0.251 e. The predicted molar refractivity (Wildman–Crippen MR) is 70.1 cm³/mol. The lowest BCUT2D eigenvalue weighted by molar-refractivity contribution is 0.0916. The number of nitrogens with one attached hydrogen (secondary N) is 1. The Hall–Kier alpha value is -2.27. The first-order valence-electron chi connectivity index (χ1n) is 6.03. The summed E-state index contributed by atoms with van der Waals surface area (Å²) in [5.74, 6) is -1.38. The van der Waals surface area contributed by atoms with Crippen molar-refractivity contribution < 1.29 is 18.7 Å². The lowest BCUT2D eigenvalue weighted by Gasteiger charge is -2.12. The summed E-state index contributed by atoms with van der Waals surface area (Å²) in [4.78, 5) is 11.7. The number of amides is 1. The Kier molecular flexibility index (Phi) is 4.42. The highest BCUT2D eigenvalue weighted by atomic mass is 19.1. The molecule has 20 heavy (non-hydrogen) atoms. The van der Waals surface area contributed by atoms with Crippen LogP contribution < -0.4 is 5.32 Å². The number of carbonyl (C=O) groups excluding carboxylic acids is 1. The van der Waals surface area contributed by atoms with Crippen LogP contribution in [-0.2, 0) is 0 Å². The Labute approximate surface area is 114 Å². The fraction of sp³-hybridized carbons (Fsp3) is 0.133. The maximum atomic E-state index is 13.0. The van der Waals surface area contributed by atoms with Gasteiger partial charge in [-0.3, -0.25) is 4.79 Å². The van der Waals surface area contributed by atoms with Gasteiger partial charge in [0.2, 0.25) is 0 Å². The molecule has 1 unspecified atom stereocenters. The fourth-order valence-electron chi connectivity index (χ4n) is 1.72. The van der Waals surface area contributed by atoms with Gasteiger partial charge in [0.25, 0.3) is 5.91 Å². The fourth-order valence-corrected chi connectivity index (χ4v) is 1.72. The number of hydrogen-bond acceptors (Lipinski definition) is 2. The van der Waals surface area contributed by atoms with E-state index in [1.54, 1.807) is 0 Å². The molecule has 0 aliphatic heterocycles. The summed E-state index contributed by atoms with van der Waals surface area (Å²) in [7, 11) is 0. The Bertz CT molecular complexity index is 599. The van der Waals surface area contributed by atoms with Crippen LogP contribution in [0, 0.1) is 11.6 Å². The molecule has 0 heterocycles. The van der Waals surface area contributed by atoms with Gasteiger partial charge < -0.3 is 10.4 Å². The van der Waals surface area contributed by atoms with Crippen LogP contribution in [-0.4, -0.2) is 17.6 Å². The van der Waals surface area contributed by atoms with E-state index in [0.717, 1.165) is 6.07 Å². The highest BCUT2D eigenvalue weighted by molar-refractivity contribution is 5.94. The molecule has 0 saturated carbocycles. The van der Waals surface area contributed by atoms with Crippen molar-refractivity contribution in [2.45, 2.75) is 6.10 Å². The lowest BCUT2D eigenvalue weighted by atomic mass is 10.1. The van der Waals surface area contributed by atoms with Crippen molar-refractivity contribution in [2.75, 3.05) is 6.54 Å². The van der Waals surface area contributed by atoms with Crippen LogP contribution in [0.2, 0.25) is 0 Å². The highest BCUT2D eigenvalue weighted by Crippen LogP contribution is 2.12. The number of benzene rings is 2. The van der Waals surface area contributed by atoms with Crippen LogP contribution >= 0.6 is 0 Å². The Morgan fingerprint density at radius 3 is 2.45 bits per heavy atom. The van der Waals surface area contributed by atoms with Crippen molar-refractivity contribution in [1.29, 1.82) is 0 Å². The zero-order valence-corrected chi connectivity index (χ0v) is 10.5. The average molecular weight is 277 g/mol. The Morgan fingerprint density at radius 1 is 1.10 bits per heavy atom. The third-order valence-corrected chi connectivity index (χ3v) is 2.80. The first-order valence-corrected chi connectivity index (χ1v) is 6.03. The summed E-state index contributed by atoms with van der Waals surface area (Å²) in [6.07, 6.45) is -0.951. The molecule has 0 aromatic heterocycles. The van der Waals surface area contributed by atoms with Gasteiger partial charge in [-0.15, -0.1) is 0 Å². The summed E-state index contributed by atoms with van der Waals surface area (Å²) in [5, 5.41) is 12.3. The van der Waals surface area contributed by atoms with Gasteiger partial charge >= 0.3 is 0 Å². The second-order valence-corrected chi connectivity index (χ2v) is 4.29. The monoisotopic (exact) mass is 277 g/mol. The van der Waals surface area contributed by atoms with Crippen molar-refractivity contribution in [1.82, 2.24) is 5.32 Å². The Morgan fingerprint density at radius 2 is 1.80 bits per heavy atom. The molecule has 0 fully saturated rings. The van der Waals surface area contributed by atoms with E-state index in [0.29, 0.717) is 5.56 Å². The van der Waals surface area contributed by atoms with Crippen molar-refractivity contribution in [3.05, 3.63) is 71.3 Å². The summed E-state index contributed by atoms with van der Waals surface area (Å²) in [6, 6.07) is 10.6.